The Morgan fingerprint density at radius 2 is 0.725 bits per heavy atom. The smallest absolute Gasteiger partial charge is 0.252 e. The predicted molar refractivity (Wildman–Crippen MR) is 344 cm³/mol. The first kappa shape index (κ1) is 47.0. The van der Waals surface area contributed by atoms with E-state index in [0.717, 1.165) is 17.1 Å². The van der Waals surface area contributed by atoms with Crippen molar-refractivity contribution in [3.8, 4) is 0 Å². The quantitative estimate of drug-likeness (QED) is 0.128. The fourth-order valence-electron chi connectivity index (χ4n) is 14.5. The van der Waals surface area contributed by atoms with Gasteiger partial charge >= 0.3 is 0 Å². The van der Waals surface area contributed by atoms with Crippen LogP contribution in [0.4, 0.5) is 51.2 Å². The average Bonchev–Trinajstić information content (AvgIpc) is 2.81. The summed E-state index contributed by atoms with van der Waals surface area (Å²) in [6.07, 6.45) is 0. The van der Waals surface area contributed by atoms with Gasteiger partial charge in [0.2, 0.25) is 6.71 Å². The van der Waals surface area contributed by atoms with E-state index in [0.29, 0.717) is 0 Å². The molecule has 380 valence electrons. The molecule has 1 unspecified atom stereocenters. The molecule has 0 saturated carbocycles. The van der Waals surface area contributed by atoms with Crippen LogP contribution in [0.1, 0.15) is 75.3 Å². The first-order chi connectivity index (χ1) is 39.0. The molecule has 0 amide bonds. The lowest BCUT2D eigenvalue weighted by molar-refractivity contribution is 0.589. The van der Waals surface area contributed by atoms with Crippen LogP contribution < -0.4 is 47.5 Å². The predicted octanol–water partition coefficient (Wildman–Crippen LogP) is 15.6. The van der Waals surface area contributed by atoms with Gasteiger partial charge in [-0.25, -0.2) is 0 Å². The summed E-state index contributed by atoms with van der Waals surface area (Å²) in [5, 5.41) is 7.64. The lowest BCUT2D eigenvalue weighted by Crippen LogP contribution is -2.65. The van der Waals surface area contributed by atoms with Crippen molar-refractivity contribution in [2.75, 3.05) is 14.7 Å². The number of anilines is 9. The Hall–Kier alpha value is -9.05. The maximum atomic E-state index is 2.68. The summed E-state index contributed by atoms with van der Waals surface area (Å²) in [6, 6.07) is 92.9. The van der Waals surface area contributed by atoms with E-state index in [1.54, 1.807) is 0 Å². The third-order valence-electron chi connectivity index (χ3n) is 18.2. The molecule has 12 aromatic carbocycles. The molecule has 4 heterocycles. The molecule has 4 aliphatic heterocycles. The first-order valence-electron chi connectivity index (χ1n) is 28.6. The standard InChI is InChI=1S/C75H59B2N3/c1-74(2,3)48-40-60-71(47-24-10-7-11-25-47)58-34-20-21-35-61(58)76-63-45-64-66(46-67(63)80(68(41-48)72(60)76)52-38-39-57-55-32-17-16-30-53(55)54-31-18-19-33-56(54)59(57)44-52)79(51-28-14-9-15-29-51)70-43-49(75(4,5)6)42-69-73(70)77(64)62-36-22-23-37-65(62)78(69)50-26-12-8-13-27-50/h7-46,71H,1-6H3. The Labute approximate surface area is 470 Å². The molecule has 0 N–H and O–H groups in total. The maximum absolute atomic E-state index is 2.68. The van der Waals surface area contributed by atoms with Gasteiger partial charge in [0.1, 0.15) is 0 Å². The Kier molecular flexibility index (Phi) is 10.1. The van der Waals surface area contributed by atoms with Gasteiger partial charge in [0.25, 0.3) is 6.71 Å². The van der Waals surface area contributed by atoms with Gasteiger partial charge in [0.15, 0.2) is 0 Å². The first-order valence-corrected chi connectivity index (χ1v) is 28.6. The molecular weight excluding hydrogens is 964 g/mol. The Morgan fingerprint density at radius 1 is 0.287 bits per heavy atom. The molecule has 0 fully saturated rings. The molecule has 3 nitrogen and oxygen atoms in total. The van der Waals surface area contributed by atoms with Crippen LogP contribution in [0.2, 0.25) is 0 Å². The van der Waals surface area contributed by atoms with Crippen molar-refractivity contribution in [1.82, 2.24) is 0 Å². The van der Waals surface area contributed by atoms with E-state index >= 15 is 0 Å². The van der Waals surface area contributed by atoms with Crippen LogP contribution in [-0.2, 0) is 10.8 Å². The van der Waals surface area contributed by atoms with Crippen molar-refractivity contribution in [2.24, 2.45) is 0 Å². The minimum absolute atomic E-state index is 0.0408. The van der Waals surface area contributed by atoms with Gasteiger partial charge in [-0.15, -0.1) is 0 Å². The molecule has 5 heteroatoms. The molecule has 4 aliphatic rings. The molecule has 12 aromatic rings. The van der Waals surface area contributed by atoms with Crippen LogP contribution in [0, 0.1) is 0 Å². The summed E-state index contributed by atoms with van der Waals surface area (Å²) in [4.78, 5) is 7.83. The maximum Gasteiger partial charge on any atom is 0.252 e. The summed E-state index contributed by atoms with van der Waals surface area (Å²) in [5.74, 6) is 0.0434. The summed E-state index contributed by atoms with van der Waals surface area (Å²) >= 11 is 0. The van der Waals surface area contributed by atoms with Gasteiger partial charge in [-0.3, -0.25) is 0 Å². The molecule has 0 saturated heterocycles. The number of nitrogens with zero attached hydrogens (tertiary/aromatic N) is 3. The second-order valence-corrected chi connectivity index (χ2v) is 24.8. The highest BCUT2D eigenvalue weighted by Crippen LogP contribution is 2.50. The molecule has 0 radical (unpaired) electrons. The molecule has 16 rings (SSSR count). The Bertz CT molecular complexity index is 4500. The highest BCUT2D eigenvalue weighted by molar-refractivity contribution is 7.02. The van der Waals surface area contributed by atoms with Crippen molar-refractivity contribution in [3.05, 3.63) is 270 Å². The Balaban J connectivity index is 1.06. The highest BCUT2D eigenvalue weighted by atomic mass is 15.2. The fourth-order valence-corrected chi connectivity index (χ4v) is 14.5. The lowest BCUT2D eigenvalue weighted by atomic mass is 9.29. The van der Waals surface area contributed by atoms with Crippen molar-refractivity contribution in [3.63, 3.8) is 0 Å². The molecular formula is C75H59B2N3. The largest absolute Gasteiger partial charge is 0.311 e. The van der Waals surface area contributed by atoms with Gasteiger partial charge in [-0.2, -0.15) is 0 Å². The summed E-state index contributed by atoms with van der Waals surface area (Å²) in [6.45, 7) is 14.1. The third-order valence-corrected chi connectivity index (χ3v) is 18.2. The molecule has 80 heavy (non-hydrogen) atoms. The zero-order valence-corrected chi connectivity index (χ0v) is 46.2. The fraction of sp³-hybridized carbons (Fsp3) is 0.120. The van der Waals surface area contributed by atoms with Gasteiger partial charge < -0.3 is 14.7 Å². The van der Waals surface area contributed by atoms with Crippen LogP contribution >= 0.6 is 0 Å². The molecule has 0 aromatic heterocycles. The minimum Gasteiger partial charge on any atom is -0.311 e. The second-order valence-electron chi connectivity index (χ2n) is 24.8. The van der Waals surface area contributed by atoms with Crippen LogP contribution in [0.15, 0.2) is 243 Å². The molecule has 0 bridgehead atoms. The normalized spacial score (nSPS) is 14.9. The number of rotatable bonds is 4. The number of benzene rings is 12. The van der Waals surface area contributed by atoms with Gasteiger partial charge in [-0.05, 0) is 165 Å². The van der Waals surface area contributed by atoms with E-state index < -0.39 is 0 Å². The summed E-state index contributed by atoms with van der Waals surface area (Å²) < 4.78 is 0. The van der Waals surface area contributed by atoms with E-state index in [1.165, 1.54) is 127 Å². The zero-order chi connectivity index (χ0) is 53.8. The summed E-state index contributed by atoms with van der Waals surface area (Å²) in [5.41, 5.74) is 25.3. The summed E-state index contributed by atoms with van der Waals surface area (Å²) in [7, 11) is 0. The van der Waals surface area contributed by atoms with Crippen LogP contribution in [0.5, 0.6) is 0 Å². The van der Waals surface area contributed by atoms with Crippen LogP contribution in [0.3, 0.4) is 0 Å². The monoisotopic (exact) mass is 1020 g/mol. The van der Waals surface area contributed by atoms with Crippen molar-refractivity contribution >= 4 is 130 Å². The van der Waals surface area contributed by atoms with Gasteiger partial charge in [0.05, 0.1) is 0 Å². The van der Waals surface area contributed by atoms with Gasteiger partial charge in [-0.1, -0.05) is 223 Å². The van der Waals surface area contributed by atoms with Crippen molar-refractivity contribution in [2.45, 2.75) is 58.3 Å². The van der Waals surface area contributed by atoms with Crippen LogP contribution in [0.25, 0.3) is 32.3 Å². The highest BCUT2D eigenvalue weighted by Gasteiger charge is 2.49. The Morgan fingerprint density at radius 3 is 1.31 bits per heavy atom. The molecule has 0 aliphatic carbocycles. The number of hydrogen-bond donors (Lipinski definition) is 0. The third kappa shape index (κ3) is 6.83. The number of fused-ring (bicyclic) bond motifs is 14. The van der Waals surface area contributed by atoms with Crippen molar-refractivity contribution < 1.29 is 0 Å². The topological polar surface area (TPSA) is 9.72 Å². The van der Waals surface area contributed by atoms with Gasteiger partial charge in [0, 0.05) is 57.1 Å². The lowest BCUT2D eigenvalue weighted by Gasteiger charge is -2.47. The van der Waals surface area contributed by atoms with E-state index in [2.05, 4.69) is 299 Å². The number of para-hydroxylation sites is 3. The van der Waals surface area contributed by atoms with E-state index in [1.807, 2.05) is 0 Å². The SMILES string of the molecule is CC(C)(C)c1cc2c3c(c1)N(c1ccc4c5ccccc5c5ccccc5c4c1)c1cc4c(cc1B3c1ccccc1C2c1ccccc1)B1c2ccccc2N(c2ccccc2)c2cc(C(C)(C)C)cc(c21)N4c1ccccc1. The van der Waals surface area contributed by atoms with E-state index in [-0.39, 0.29) is 30.2 Å². The second kappa shape index (κ2) is 17.2. The van der Waals surface area contributed by atoms with Crippen molar-refractivity contribution in [1.29, 1.82) is 0 Å². The van der Waals surface area contributed by atoms with E-state index in [9.17, 15) is 0 Å². The zero-order valence-electron chi connectivity index (χ0n) is 46.2. The number of hydrogen-bond acceptors (Lipinski definition) is 3. The van der Waals surface area contributed by atoms with Crippen LogP contribution in [-0.4, -0.2) is 13.4 Å². The molecule has 1 atom stereocenters. The minimum atomic E-state index is -0.141. The van der Waals surface area contributed by atoms with E-state index in [4.69, 9.17) is 0 Å². The molecule has 0 spiro atoms. The average molecular weight is 1020 g/mol.